The van der Waals surface area contributed by atoms with Gasteiger partial charge >= 0.3 is 0 Å². The Hall–Kier alpha value is -1.81. The van der Waals surface area contributed by atoms with Crippen molar-refractivity contribution in [3.63, 3.8) is 0 Å². The first kappa shape index (κ1) is 13.6. The third-order valence-corrected chi connectivity index (χ3v) is 4.27. The average molecular weight is 274 g/mol. The second-order valence-corrected chi connectivity index (χ2v) is 6.00. The van der Waals surface area contributed by atoms with Crippen LogP contribution in [0.3, 0.4) is 0 Å². The van der Waals surface area contributed by atoms with Crippen molar-refractivity contribution in [1.82, 2.24) is 0 Å². The Morgan fingerprint density at radius 2 is 2.05 bits per heavy atom. The number of benzene rings is 1. The standard InChI is InChI=1S/C15H18N2OS/c1-9-6-13(19-11(9)3)8-17-12-4-5-14(10(2)18)15(16)7-12/h4-7,17H,8,16H2,1-3H3. The summed E-state index contributed by atoms with van der Waals surface area (Å²) in [5.74, 6) is -0.00597. The van der Waals surface area contributed by atoms with Crippen LogP contribution in [-0.2, 0) is 6.54 Å². The number of hydrogen-bond donors (Lipinski definition) is 2. The van der Waals surface area contributed by atoms with Crippen LogP contribution in [0.5, 0.6) is 0 Å². The molecule has 0 amide bonds. The van der Waals surface area contributed by atoms with Gasteiger partial charge in [-0.1, -0.05) is 0 Å². The first-order chi connectivity index (χ1) is 8.97. The van der Waals surface area contributed by atoms with E-state index < -0.39 is 0 Å². The van der Waals surface area contributed by atoms with Gasteiger partial charge in [0.1, 0.15) is 0 Å². The molecule has 3 N–H and O–H groups in total. The van der Waals surface area contributed by atoms with Gasteiger partial charge in [-0.3, -0.25) is 4.79 Å². The number of rotatable bonds is 4. The number of anilines is 2. The number of ketones is 1. The van der Waals surface area contributed by atoms with E-state index in [2.05, 4.69) is 25.2 Å². The zero-order valence-corrected chi connectivity index (χ0v) is 12.2. The van der Waals surface area contributed by atoms with Crippen molar-refractivity contribution in [3.8, 4) is 0 Å². The molecule has 0 radical (unpaired) electrons. The smallest absolute Gasteiger partial charge is 0.161 e. The Labute approximate surface area is 117 Å². The zero-order valence-electron chi connectivity index (χ0n) is 11.4. The SMILES string of the molecule is CC(=O)c1ccc(NCc2cc(C)c(C)s2)cc1N. The molecule has 100 valence electrons. The van der Waals surface area contributed by atoms with Crippen molar-refractivity contribution in [2.75, 3.05) is 11.1 Å². The van der Waals surface area contributed by atoms with Crippen LogP contribution >= 0.6 is 11.3 Å². The van der Waals surface area contributed by atoms with Crippen molar-refractivity contribution >= 4 is 28.5 Å². The molecule has 2 rings (SSSR count). The number of nitrogen functional groups attached to an aromatic ring is 1. The molecule has 1 aromatic carbocycles. The topological polar surface area (TPSA) is 55.1 Å². The lowest BCUT2D eigenvalue weighted by atomic mass is 10.1. The molecule has 1 aromatic heterocycles. The molecule has 1 heterocycles. The lowest BCUT2D eigenvalue weighted by molar-refractivity contribution is 0.101. The second-order valence-electron chi connectivity index (χ2n) is 4.66. The van der Waals surface area contributed by atoms with Gasteiger partial charge in [0.2, 0.25) is 0 Å². The van der Waals surface area contributed by atoms with E-state index in [1.165, 1.54) is 22.2 Å². The Kier molecular flexibility index (Phi) is 3.90. The van der Waals surface area contributed by atoms with Crippen LogP contribution < -0.4 is 11.1 Å². The maximum atomic E-state index is 11.3. The average Bonchev–Trinajstić information content (AvgIpc) is 2.66. The van der Waals surface area contributed by atoms with Crippen molar-refractivity contribution in [2.24, 2.45) is 0 Å². The first-order valence-corrected chi connectivity index (χ1v) is 6.99. The van der Waals surface area contributed by atoms with Gasteiger partial charge in [0, 0.05) is 33.2 Å². The Morgan fingerprint density at radius 3 is 2.58 bits per heavy atom. The molecule has 0 saturated heterocycles. The van der Waals surface area contributed by atoms with E-state index in [4.69, 9.17) is 5.73 Å². The molecule has 4 heteroatoms. The highest BCUT2D eigenvalue weighted by molar-refractivity contribution is 7.12. The minimum absolute atomic E-state index is 0.00597. The summed E-state index contributed by atoms with van der Waals surface area (Å²) in [6.45, 7) is 6.55. The molecule has 0 spiro atoms. The Balaban J connectivity index is 2.08. The minimum Gasteiger partial charge on any atom is -0.398 e. The highest BCUT2D eigenvalue weighted by Crippen LogP contribution is 2.23. The molecule has 0 atom stereocenters. The Morgan fingerprint density at radius 1 is 1.32 bits per heavy atom. The third kappa shape index (κ3) is 3.15. The van der Waals surface area contributed by atoms with Crippen LogP contribution in [-0.4, -0.2) is 5.78 Å². The monoisotopic (exact) mass is 274 g/mol. The minimum atomic E-state index is -0.00597. The van der Waals surface area contributed by atoms with Gasteiger partial charge in [0.25, 0.3) is 0 Å². The van der Waals surface area contributed by atoms with Crippen LogP contribution in [0.2, 0.25) is 0 Å². The van der Waals surface area contributed by atoms with Gasteiger partial charge in [-0.25, -0.2) is 0 Å². The predicted molar refractivity (Wildman–Crippen MR) is 82.0 cm³/mol. The van der Waals surface area contributed by atoms with Gasteiger partial charge in [-0.15, -0.1) is 11.3 Å². The van der Waals surface area contributed by atoms with Crippen molar-refractivity contribution in [3.05, 3.63) is 45.1 Å². The predicted octanol–water partition coefficient (Wildman–Crippen LogP) is 3.76. The summed E-state index contributed by atoms with van der Waals surface area (Å²) in [5, 5.41) is 3.33. The summed E-state index contributed by atoms with van der Waals surface area (Å²) in [5.41, 5.74) is 9.23. The number of aryl methyl sites for hydroxylation is 2. The normalized spacial score (nSPS) is 10.5. The van der Waals surface area contributed by atoms with Crippen LogP contribution in [0, 0.1) is 13.8 Å². The van der Waals surface area contributed by atoms with E-state index in [1.54, 1.807) is 17.4 Å². The number of thiophene rings is 1. The summed E-state index contributed by atoms with van der Waals surface area (Å²) in [7, 11) is 0. The van der Waals surface area contributed by atoms with Crippen LogP contribution in [0.4, 0.5) is 11.4 Å². The third-order valence-electron chi connectivity index (χ3n) is 3.11. The molecule has 0 unspecified atom stereocenters. The summed E-state index contributed by atoms with van der Waals surface area (Å²) < 4.78 is 0. The van der Waals surface area contributed by atoms with Gasteiger partial charge in [-0.05, 0) is 50.6 Å². The van der Waals surface area contributed by atoms with Crippen LogP contribution in [0.15, 0.2) is 24.3 Å². The number of carbonyl (C=O) groups excluding carboxylic acids is 1. The Bertz CT molecular complexity index is 597. The van der Waals surface area contributed by atoms with E-state index >= 15 is 0 Å². The summed E-state index contributed by atoms with van der Waals surface area (Å²) in [6.07, 6.45) is 0. The molecular formula is C15H18N2OS. The highest BCUT2D eigenvalue weighted by Gasteiger charge is 2.06. The lowest BCUT2D eigenvalue weighted by Crippen LogP contribution is -2.02. The fraction of sp³-hybridized carbons (Fsp3) is 0.267. The van der Waals surface area contributed by atoms with E-state index in [-0.39, 0.29) is 5.78 Å². The van der Waals surface area contributed by atoms with E-state index in [0.29, 0.717) is 11.3 Å². The molecule has 3 nitrogen and oxygen atoms in total. The first-order valence-electron chi connectivity index (χ1n) is 6.17. The quantitative estimate of drug-likeness (QED) is 0.659. The maximum Gasteiger partial charge on any atom is 0.161 e. The largest absolute Gasteiger partial charge is 0.398 e. The van der Waals surface area contributed by atoms with E-state index in [9.17, 15) is 4.79 Å². The molecule has 0 fully saturated rings. The number of Topliss-reactive ketones (excluding diaryl/α,β-unsaturated/α-hetero) is 1. The molecule has 2 aromatic rings. The van der Waals surface area contributed by atoms with E-state index in [1.807, 2.05) is 12.1 Å². The zero-order chi connectivity index (χ0) is 14.0. The second kappa shape index (κ2) is 5.45. The number of nitrogens with one attached hydrogen (secondary N) is 1. The van der Waals surface area contributed by atoms with Gasteiger partial charge < -0.3 is 11.1 Å². The van der Waals surface area contributed by atoms with Crippen LogP contribution in [0.1, 0.15) is 32.6 Å². The summed E-state index contributed by atoms with van der Waals surface area (Å²) >= 11 is 1.80. The van der Waals surface area contributed by atoms with Crippen molar-refractivity contribution in [2.45, 2.75) is 27.3 Å². The molecule has 0 aliphatic carbocycles. The summed E-state index contributed by atoms with van der Waals surface area (Å²) in [4.78, 5) is 13.9. The molecular weight excluding hydrogens is 256 g/mol. The van der Waals surface area contributed by atoms with E-state index in [0.717, 1.165) is 12.2 Å². The van der Waals surface area contributed by atoms with Crippen molar-refractivity contribution < 1.29 is 4.79 Å². The van der Waals surface area contributed by atoms with Gasteiger partial charge in [0.15, 0.2) is 5.78 Å². The number of nitrogens with two attached hydrogens (primary N) is 1. The van der Waals surface area contributed by atoms with Crippen molar-refractivity contribution in [1.29, 1.82) is 0 Å². The molecule has 0 aliphatic heterocycles. The molecule has 19 heavy (non-hydrogen) atoms. The fourth-order valence-corrected chi connectivity index (χ4v) is 2.91. The van der Waals surface area contributed by atoms with Crippen LogP contribution in [0.25, 0.3) is 0 Å². The molecule has 0 bridgehead atoms. The van der Waals surface area contributed by atoms with Gasteiger partial charge in [0.05, 0.1) is 0 Å². The number of hydrogen-bond acceptors (Lipinski definition) is 4. The fourth-order valence-electron chi connectivity index (χ4n) is 1.92. The molecule has 0 aliphatic rings. The number of carbonyl (C=O) groups is 1. The maximum absolute atomic E-state index is 11.3. The lowest BCUT2D eigenvalue weighted by Gasteiger charge is -2.08. The summed E-state index contributed by atoms with van der Waals surface area (Å²) in [6, 6.07) is 7.66. The van der Waals surface area contributed by atoms with Gasteiger partial charge in [-0.2, -0.15) is 0 Å². The molecule has 0 saturated carbocycles. The highest BCUT2D eigenvalue weighted by atomic mass is 32.1.